The molecule has 6 heteroatoms. The molecule has 2 aliphatic carbocycles. The quantitative estimate of drug-likeness (QED) is 0.621. The van der Waals surface area contributed by atoms with Crippen molar-refractivity contribution in [1.29, 1.82) is 0 Å². The third-order valence-electron chi connectivity index (χ3n) is 7.15. The summed E-state index contributed by atoms with van der Waals surface area (Å²) in [6, 6.07) is 14.0. The lowest BCUT2D eigenvalue weighted by molar-refractivity contribution is -0.114. The van der Waals surface area contributed by atoms with Gasteiger partial charge in [-0.15, -0.1) is 0 Å². The molecule has 1 fully saturated rings. The van der Waals surface area contributed by atoms with Crippen LogP contribution in [0.2, 0.25) is 0 Å². The van der Waals surface area contributed by atoms with Crippen molar-refractivity contribution in [3.05, 3.63) is 53.6 Å². The van der Waals surface area contributed by atoms with E-state index >= 15 is 0 Å². The molecule has 1 atom stereocenters. The summed E-state index contributed by atoms with van der Waals surface area (Å²) in [4.78, 5) is 25.0. The maximum Gasteiger partial charge on any atom is 0.324 e. The number of nitrogens with one attached hydrogen (secondary N) is 1. The molecule has 2 aliphatic rings. The minimum absolute atomic E-state index is 0.0639. The zero-order chi connectivity index (χ0) is 23.6. The monoisotopic (exact) mass is 450 g/mol. The topological polar surface area (TPSA) is 67.9 Å². The number of ether oxygens (including phenoxy) is 2. The summed E-state index contributed by atoms with van der Waals surface area (Å²) in [6.07, 6.45) is 5.86. The van der Waals surface area contributed by atoms with Crippen LogP contribution in [0.4, 0.5) is 4.79 Å². The van der Waals surface area contributed by atoms with E-state index in [2.05, 4.69) is 43.4 Å². The van der Waals surface area contributed by atoms with Crippen LogP contribution in [0.25, 0.3) is 11.1 Å². The van der Waals surface area contributed by atoms with Crippen LogP contribution in [-0.2, 0) is 16.0 Å². The minimum atomic E-state index is -0.366. The molecule has 0 aliphatic heterocycles. The van der Waals surface area contributed by atoms with Gasteiger partial charge in [0.2, 0.25) is 6.41 Å². The number of hydrogen-bond acceptors (Lipinski definition) is 4. The molecule has 0 heterocycles. The van der Waals surface area contributed by atoms with E-state index in [1.165, 1.54) is 12.6 Å². The standard InChI is InChI=1S/C27H34N2O4/c1-18(2)33-22-10-12-27(13-11-22)16-21-9-8-20(19-6-5-7-23(14-19)32-4)15-24(21)25(27)28-26(31)29(3)17-30/h5-9,14-15,17-18,22,25H,10-13,16H2,1-4H3,(H,28,31)/t22-,25?,27-. The fraction of sp³-hybridized carbons (Fsp3) is 0.481. The van der Waals surface area contributed by atoms with Gasteiger partial charge in [-0.1, -0.05) is 24.3 Å². The second kappa shape index (κ2) is 9.56. The van der Waals surface area contributed by atoms with Gasteiger partial charge in [-0.05, 0) is 91.8 Å². The number of fused-ring (bicyclic) bond motifs is 1. The van der Waals surface area contributed by atoms with Crippen molar-refractivity contribution in [3.8, 4) is 16.9 Å². The Balaban J connectivity index is 1.67. The maximum absolute atomic E-state index is 12.8. The van der Waals surface area contributed by atoms with E-state index in [0.29, 0.717) is 6.41 Å². The Morgan fingerprint density at radius 2 is 1.88 bits per heavy atom. The highest BCUT2D eigenvalue weighted by molar-refractivity contribution is 5.84. The first kappa shape index (κ1) is 23.3. The first-order valence-electron chi connectivity index (χ1n) is 11.8. The second-order valence-electron chi connectivity index (χ2n) is 9.67. The van der Waals surface area contributed by atoms with Gasteiger partial charge in [-0.3, -0.25) is 9.69 Å². The average molecular weight is 451 g/mol. The molecule has 4 rings (SSSR count). The largest absolute Gasteiger partial charge is 0.497 e. The zero-order valence-electron chi connectivity index (χ0n) is 20.0. The van der Waals surface area contributed by atoms with Gasteiger partial charge >= 0.3 is 6.03 Å². The molecule has 33 heavy (non-hydrogen) atoms. The molecule has 176 valence electrons. The molecule has 1 saturated carbocycles. The van der Waals surface area contributed by atoms with Crippen LogP contribution < -0.4 is 10.1 Å². The number of carbonyl (C=O) groups is 2. The number of rotatable bonds is 6. The van der Waals surface area contributed by atoms with Crippen LogP contribution in [0.1, 0.15) is 56.7 Å². The summed E-state index contributed by atoms with van der Waals surface area (Å²) in [6.45, 7) is 4.16. The number of methoxy groups -OCH3 is 1. The highest BCUT2D eigenvalue weighted by Gasteiger charge is 2.49. The number of benzene rings is 2. The SMILES string of the molecule is COc1cccc(-c2ccc3c(c2)C(NC(=O)N(C)C=O)[C@]2(CC[C@H](OC(C)C)CC2)C3)c1. The number of carbonyl (C=O) groups excluding carboxylic acids is 2. The van der Waals surface area contributed by atoms with Crippen molar-refractivity contribution in [2.75, 3.05) is 14.2 Å². The van der Waals surface area contributed by atoms with Crippen molar-refractivity contribution in [1.82, 2.24) is 10.2 Å². The lowest BCUT2D eigenvalue weighted by Crippen LogP contribution is -2.46. The predicted octanol–water partition coefficient (Wildman–Crippen LogP) is 5.11. The number of nitrogens with zero attached hydrogens (tertiary/aromatic N) is 1. The van der Waals surface area contributed by atoms with Crippen LogP contribution in [0, 0.1) is 5.41 Å². The highest BCUT2D eigenvalue weighted by Crippen LogP contribution is 2.55. The van der Waals surface area contributed by atoms with E-state index < -0.39 is 0 Å². The van der Waals surface area contributed by atoms with E-state index in [-0.39, 0.29) is 29.7 Å². The van der Waals surface area contributed by atoms with Crippen LogP contribution in [0.5, 0.6) is 5.75 Å². The van der Waals surface area contributed by atoms with Gasteiger partial charge in [-0.2, -0.15) is 0 Å². The van der Waals surface area contributed by atoms with Crippen molar-refractivity contribution in [3.63, 3.8) is 0 Å². The molecule has 6 nitrogen and oxygen atoms in total. The van der Waals surface area contributed by atoms with E-state index in [4.69, 9.17) is 9.47 Å². The third kappa shape index (κ3) is 4.76. The normalized spacial score (nSPS) is 23.9. The maximum atomic E-state index is 12.8. The van der Waals surface area contributed by atoms with Crippen LogP contribution in [-0.4, -0.2) is 43.7 Å². The molecule has 0 saturated heterocycles. The van der Waals surface area contributed by atoms with Crippen molar-refractivity contribution >= 4 is 12.4 Å². The second-order valence-corrected chi connectivity index (χ2v) is 9.67. The summed E-state index contributed by atoms with van der Waals surface area (Å²) in [5.74, 6) is 0.811. The lowest BCUT2D eigenvalue weighted by atomic mass is 9.68. The number of urea groups is 1. The van der Waals surface area contributed by atoms with Gasteiger partial charge in [0.15, 0.2) is 0 Å². The van der Waals surface area contributed by atoms with Gasteiger partial charge in [-0.25, -0.2) is 4.79 Å². The Hall–Kier alpha value is -2.86. The Kier molecular flexibility index (Phi) is 6.75. The first-order valence-corrected chi connectivity index (χ1v) is 11.8. The molecule has 0 bridgehead atoms. The average Bonchev–Trinajstić information content (AvgIpc) is 3.11. The summed E-state index contributed by atoms with van der Waals surface area (Å²) < 4.78 is 11.5. The van der Waals surface area contributed by atoms with Crippen molar-refractivity contribution in [2.45, 2.75) is 64.2 Å². The van der Waals surface area contributed by atoms with Gasteiger partial charge in [0.1, 0.15) is 5.75 Å². The molecule has 0 aromatic heterocycles. The van der Waals surface area contributed by atoms with Crippen LogP contribution in [0.3, 0.4) is 0 Å². The fourth-order valence-corrected chi connectivity index (χ4v) is 5.47. The van der Waals surface area contributed by atoms with Crippen LogP contribution in [0.15, 0.2) is 42.5 Å². The van der Waals surface area contributed by atoms with Crippen LogP contribution >= 0.6 is 0 Å². The van der Waals surface area contributed by atoms with E-state index in [9.17, 15) is 9.59 Å². The number of hydrogen-bond donors (Lipinski definition) is 1. The molecule has 1 spiro atoms. The molecule has 2 aromatic rings. The van der Waals surface area contributed by atoms with Gasteiger partial charge in [0.25, 0.3) is 0 Å². The van der Waals surface area contributed by atoms with Gasteiger partial charge in [0.05, 0.1) is 25.4 Å². The Bertz CT molecular complexity index is 1010. The van der Waals surface area contributed by atoms with Gasteiger partial charge < -0.3 is 14.8 Å². The summed E-state index contributed by atoms with van der Waals surface area (Å²) in [5, 5.41) is 3.19. The van der Waals surface area contributed by atoms with E-state index in [1.54, 1.807) is 7.11 Å². The zero-order valence-corrected chi connectivity index (χ0v) is 20.0. The van der Waals surface area contributed by atoms with Crippen molar-refractivity contribution < 1.29 is 19.1 Å². The Labute approximate surface area is 196 Å². The van der Waals surface area contributed by atoms with E-state index in [0.717, 1.165) is 59.4 Å². The summed E-state index contributed by atoms with van der Waals surface area (Å²) >= 11 is 0. The number of imide groups is 1. The molecule has 1 unspecified atom stereocenters. The van der Waals surface area contributed by atoms with Crippen molar-refractivity contribution in [2.24, 2.45) is 5.41 Å². The predicted molar refractivity (Wildman–Crippen MR) is 128 cm³/mol. The third-order valence-corrected chi connectivity index (χ3v) is 7.15. The van der Waals surface area contributed by atoms with E-state index in [1.807, 2.05) is 18.2 Å². The molecule has 1 N–H and O–H groups in total. The molecule has 2 aromatic carbocycles. The molecular weight excluding hydrogens is 416 g/mol. The smallest absolute Gasteiger partial charge is 0.324 e. The highest BCUT2D eigenvalue weighted by atomic mass is 16.5. The van der Waals surface area contributed by atoms with Gasteiger partial charge in [0, 0.05) is 7.05 Å². The minimum Gasteiger partial charge on any atom is -0.497 e. The molecular formula is C27H34N2O4. The molecule has 3 amide bonds. The fourth-order valence-electron chi connectivity index (χ4n) is 5.47. The Morgan fingerprint density at radius 3 is 2.55 bits per heavy atom. The summed E-state index contributed by atoms with van der Waals surface area (Å²) in [5.41, 5.74) is 4.51. The first-order chi connectivity index (χ1) is 15.8. The summed E-state index contributed by atoms with van der Waals surface area (Å²) in [7, 11) is 3.16. The lowest BCUT2D eigenvalue weighted by Gasteiger charge is -2.42. The number of amides is 3. The molecule has 0 radical (unpaired) electrons. The Morgan fingerprint density at radius 1 is 1.15 bits per heavy atom.